The van der Waals surface area contributed by atoms with E-state index in [-0.39, 0.29) is 6.61 Å². The van der Waals surface area contributed by atoms with Crippen molar-refractivity contribution in [1.82, 2.24) is 10.2 Å². The van der Waals surface area contributed by atoms with Crippen LogP contribution in [-0.4, -0.2) is 16.3 Å². The number of amides is 1. The summed E-state index contributed by atoms with van der Waals surface area (Å²) in [5.41, 5.74) is 2.51. The van der Waals surface area contributed by atoms with Crippen LogP contribution in [0.2, 0.25) is 5.02 Å². The normalized spacial score (nSPS) is 10.5. The van der Waals surface area contributed by atoms with Crippen LogP contribution in [0, 0.1) is 6.92 Å². The van der Waals surface area contributed by atoms with Crippen molar-refractivity contribution >= 4 is 23.4 Å². The van der Waals surface area contributed by atoms with E-state index >= 15 is 0 Å². The molecule has 0 saturated heterocycles. The van der Waals surface area contributed by atoms with Gasteiger partial charge in [-0.1, -0.05) is 35.9 Å². The quantitative estimate of drug-likeness (QED) is 0.733. The van der Waals surface area contributed by atoms with Gasteiger partial charge in [0.1, 0.15) is 6.61 Å². The number of rotatable bonds is 5. The molecule has 0 unspecified atom stereocenters. The van der Waals surface area contributed by atoms with Crippen LogP contribution in [0.3, 0.4) is 0 Å². The van der Waals surface area contributed by atoms with Crippen molar-refractivity contribution in [1.29, 1.82) is 0 Å². The van der Waals surface area contributed by atoms with Crippen LogP contribution < -0.4 is 5.32 Å². The van der Waals surface area contributed by atoms with E-state index in [1.54, 1.807) is 31.2 Å². The molecule has 1 heterocycles. The first-order valence-corrected chi connectivity index (χ1v) is 8.02. The number of carbonyl (C=O) groups excluding carboxylic acids is 1. The molecular weight excluding hydrogens is 342 g/mol. The maximum Gasteiger partial charge on any atom is 0.411 e. The van der Waals surface area contributed by atoms with Crippen LogP contribution in [0.25, 0.3) is 0 Å². The fourth-order valence-electron chi connectivity index (χ4n) is 2.17. The van der Waals surface area contributed by atoms with Crippen LogP contribution in [0.1, 0.15) is 22.9 Å². The second-order valence-electron chi connectivity index (χ2n) is 5.42. The standard InChI is InChI=1S/C18H16ClN3O3/c1-12-21-22-17(25-12)10-13-4-8-16(9-5-13)20-18(23)24-11-14-2-6-15(19)7-3-14/h2-9H,10-11H2,1H3,(H,20,23). The van der Waals surface area contributed by atoms with E-state index in [4.69, 9.17) is 20.8 Å². The van der Waals surface area contributed by atoms with Gasteiger partial charge >= 0.3 is 6.09 Å². The average Bonchev–Trinajstić information content (AvgIpc) is 3.01. The number of hydrogen-bond donors (Lipinski definition) is 1. The molecule has 0 atom stereocenters. The molecule has 1 N–H and O–H groups in total. The minimum atomic E-state index is -0.518. The van der Waals surface area contributed by atoms with E-state index in [9.17, 15) is 4.79 Å². The summed E-state index contributed by atoms with van der Waals surface area (Å²) in [6, 6.07) is 14.5. The molecule has 2 aromatic carbocycles. The van der Waals surface area contributed by atoms with E-state index < -0.39 is 6.09 Å². The summed E-state index contributed by atoms with van der Waals surface area (Å²) in [5.74, 6) is 1.09. The largest absolute Gasteiger partial charge is 0.444 e. The molecule has 6 nitrogen and oxygen atoms in total. The summed E-state index contributed by atoms with van der Waals surface area (Å²) < 4.78 is 10.5. The maximum absolute atomic E-state index is 11.8. The zero-order chi connectivity index (χ0) is 17.6. The lowest BCUT2D eigenvalue weighted by atomic mass is 10.1. The SMILES string of the molecule is Cc1nnc(Cc2ccc(NC(=O)OCc3ccc(Cl)cc3)cc2)o1. The fraction of sp³-hybridized carbons (Fsp3) is 0.167. The molecule has 3 rings (SSSR count). The zero-order valence-corrected chi connectivity index (χ0v) is 14.3. The maximum atomic E-state index is 11.8. The molecule has 7 heteroatoms. The van der Waals surface area contributed by atoms with E-state index in [0.717, 1.165) is 11.1 Å². The summed E-state index contributed by atoms with van der Waals surface area (Å²) in [6.07, 6.45) is 0.0255. The van der Waals surface area contributed by atoms with Crippen molar-refractivity contribution in [3.05, 3.63) is 76.5 Å². The van der Waals surface area contributed by atoms with Gasteiger partial charge in [0.15, 0.2) is 0 Å². The molecule has 128 valence electrons. The van der Waals surface area contributed by atoms with Gasteiger partial charge in [-0.05, 0) is 35.4 Å². The summed E-state index contributed by atoms with van der Waals surface area (Å²) in [6.45, 7) is 1.93. The fourth-order valence-corrected chi connectivity index (χ4v) is 2.30. The molecule has 0 aliphatic heterocycles. The lowest BCUT2D eigenvalue weighted by molar-refractivity contribution is 0.155. The molecule has 3 aromatic rings. The van der Waals surface area contributed by atoms with E-state index in [0.29, 0.717) is 28.9 Å². The third-order valence-corrected chi connectivity index (χ3v) is 3.66. The predicted octanol–water partition coefficient (Wildman–Crippen LogP) is 4.37. The number of ether oxygens (including phenoxy) is 1. The highest BCUT2D eigenvalue weighted by atomic mass is 35.5. The Balaban J connectivity index is 1.50. The van der Waals surface area contributed by atoms with Crippen molar-refractivity contribution in [3.63, 3.8) is 0 Å². The van der Waals surface area contributed by atoms with E-state index in [1.165, 1.54) is 0 Å². The van der Waals surface area contributed by atoms with Crippen LogP contribution in [0.5, 0.6) is 0 Å². The molecule has 25 heavy (non-hydrogen) atoms. The number of aromatic nitrogens is 2. The van der Waals surface area contributed by atoms with Crippen LogP contribution in [0.4, 0.5) is 10.5 Å². The van der Waals surface area contributed by atoms with Crippen molar-refractivity contribution in [2.45, 2.75) is 20.0 Å². The van der Waals surface area contributed by atoms with Crippen LogP contribution in [-0.2, 0) is 17.8 Å². The van der Waals surface area contributed by atoms with Crippen molar-refractivity contribution in [3.8, 4) is 0 Å². The number of benzene rings is 2. The molecule has 0 aliphatic rings. The first-order chi connectivity index (χ1) is 12.1. The van der Waals surface area contributed by atoms with Gasteiger partial charge in [-0.25, -0.2) is 4.79 Å². The molecule has 0 radical (unpaired) electrons. The van der Waals surface area contributed by atoms with Gasteiger partial charge in [-0.15, -0.1) is 10.2 Å². The molecule has 1 aromatic heterocycles. The lowest BCUT2D eigenvalue weighted by Gasteiger charge is -2.08. The summed E-state index contributed by atoms with van der Waals surface area (Å²) in [7, 11) is 0. The summed E-state index contributed by atoms with van der Waals surface area (Å²) in [4.78, 5) is 11.8. The van der Waals surface area contributed by atoms with E-state index in [1.807, 2.05) is 24.3 Å². The first-order valence-electron chi connectivity index (χ1n) is 7.64. The number of halogens is 1. The highest BCUT2D eigenvalue weighted by molar-refractivity contribution is 6.30. The Kier molecular flexibility index (Phi) is 5.30. The minimum absolute atomic E-state index is 0.178. The third-order valence-electron chi connectivity index (χ3n) is 3.41. The zero-order valence-electron chi connectivity index (χ0n) is 13.5. The predicted molar refractivity (Wildman–Crippen MR) is 93.5 cm³/mol. The monoisotopic (exact) mass is 357 g/mol. The van der Waals surface area contributed by atoms with Crippen LogP contribution >= 0.6 is 11.6 Å². The Morgan fingerprint density at radius 3 is 2.40 bits per heavy atom. The summed E-state index contributed by atoms with van der Waals surface area (Å²) >= 11 is 5.81. The number of anilines is 1. The molecule has 1 amide bonds. The highest BCUT2D eigenvalue weighted by Crippen LogP contribution is 2.14. The minimum Gasteiger partial charge on any atom is -0.444 e. The van der Waals surface area contributed by atoms with Gasteiger partial charge < -0.3 is 9.15 Å². The topological polar surface area (TPSA) is 77.2 Å². The van der Waals surface area contributed by atoms with Gasteiger partial charge in [-0.2, -0.15) is 0 Å². The molecule has 0 saturated carbocycles. The Labute approximate surface area is 149 Å². The molecular formula is C18H16ClN3O3. The first kappa shape index (κ1) is 17.0. The van der Waals surface area contributed by atoms with Gasteiger partial charge in [0.05, 0.1) is 6.42 Å². The van der Waals surface area contributed by atoms with Crippen molar-refractivity contribution in [2.75, 3.05) is 5.32 Å². The van der Waals surface area contributed by atoms with Gasteiger partial charge in [0.2, 0.25) is 11.8 Å². The third kappa shape index (κ3) is 5.06. The van der Waals surface area contributed by atoms with Crippen molar-refractivity contribution in [2.24, 2.45) is 0 Å². The molecule has 0 aliphatic carbocycles. The number of carbonyl (C=O) groups is 1. The highest BCUT2D eigenvalue weighted by Gasteiger charge is 2.06. The van der Waals surface area contributed by atoms with Gasteiger partial charge in [0, 0.05) is 17.6 Å². The number of nitrogens with one attached hydrogen (secondary N) is 1. The van der Waals surface area contributed by atoms with Gasteiger partial charge in [0.25, 0.3) is 0 Å². The number of nitrogens with zero attached hydrogens (tertiary/aromatic N) is 2. The Morgan fingerprint density at radius 1 is 1.08 bits per heavy atom. The second kappa shape index (κ2) is 7.81. The smallest absolute Gasteiger partial charge is 0.411 e. The lowest BCUT2D eigenvalue weighted by Crippen LogP contribution is -2.13. The number of aryl methyl sites for hydroxylation is 1. The molecule has 0 bridgehead atoms. The van der Waals surface area contributed by atoms with Gasteiger partial charge in [-0.3, -0.25) is 5.32 Å². The van der Waals surface area contributed by atoms with Crippen LogP contribution in [0.15, 0.2) is 52.9 Å². The van der Waals surface area contributed by atoms with E-state index in [2.05, 4.69) is 15.5 Å². The number of hydrogen-bond acceptors (Lipinski definition) is 5. The second-order valence-corrected chi connectivity index (χ2v) is 5.85. The average molecular weight is 358 g/mol. The summed E-state index contributed by atoms with van der Waals surface area (Å²) in [5, 5.41) is 11.1. The molecule has 0 fully saturated rings. The Hall–Kier alpha value is -2.86. The Morgan fingerprint density at radius 2 is 1.76 bits per heavy atom. The molecule has 0 spiro atoms. The Bertz CT molecular complexity index is 845. The van der Waals surface area contributed by atoms with Crippen molar-refractivity contribution < 1.29 is 13.9 Å².